The summed E-state index contributed by atoms with van der Waals surface area (Å²) in [6, 6.07) is -4.37. The van der Waals surface area contributed by atoms with Gasteiger partial charge in [-0.15, -0.1) is 0 Å². The Hall–Kier alpha value is -2.65. The van der Waals surface area contributed by atoms with E-state index in [0.29, 0.717) is 0 Å². The molecule has 5 amide bonds. The fraction of sp³-hybridized carbons (Fsp3) is 0.706. The summed E-state index contributed by atoms with van der Waals surface area (Å²) in [6.45, 7) is 7.53. The maximum Gasteiger partial charge on any atom is 0.245 e. The summed E-state index contributed by atoms with van der Waals surface area (Å²) in [6.07, 6.45) is 0. The molecule has 0 aromatic heterocycles. The van der Waals surface area contributed by atoms with Crippen LogP contribution in [0.15, 0.2) is 0 Å². The van der Waals surface area contributed by atoms with Crippen LogP contribution in [0, 0.1) is 0 Å². The lowest BCUT2D eigenvalue weighted by molar-refractivity contribution is -0.147. The van der Waals surface area contributed by atoms with Gasteiger partial charge in [-0.1, -0.05) is 0 Å². The Labute approximate surface area is 159 Å². The number of rotatable bonds is 0. The van der Waals surface area contributed by atoms with Gasteiger partial charge in [0, 0.05) is 14.1 Å². The molecule has 1 saturated heterocycles. The van der Waals surface area contributed by atoms with Crippen LogP contribution in [0.5, 0.6) is 0 Å². The minimum Gasteiger partial charge on any atom is -0.343 e. The molecule has 0 aromatic carbocycles. The van der Waals surface area contributed by atoms with Crippen molar-refractivity contribution in [3.63, 3.8) is 0 Å². The summed E-state index contributed by atoms with van der Waals surface area (Å²) >= 11 is 0. The summed E-state index contributed by atoms with van der Waals surface area (Å²) in [7, 11) is 2.91. The monoisotopic (exact) mass is 383 g/mol. The molecule has 1 aliphatic heterocycles. The molecule has 27 heavy (non-hydrogen) atoms. The molecule has 5 atom stereocenters. The molecule has 1 heterocycles. The van der Waals surface area contributed by atoms with E-state index in [2.05, 4.69) is 16.0 Å². The Morgan fingerprint density at radius 2 is 0.926 bits per heavy atom. The van der Waals surface area contributed by atoms with E-state index in [-0.39, 0.29) is 0 Å². The van der Waals surface area contributed by atoms with Gasteiger partial charge in [-0.25, -0.2) is 0 Å². The number of carbonyl (C=O) groups is 5. The fourth-order valence-electron chi connectivity index (χ4n) is 2.53. The molecule has 1 aliphatic rings. The highest BCUT2D eigenvalue weighted by molar-refractivity contribution is 5.97. The van der Waals surface area contributed by atoms with Crippen molar-refractivity contribution in [2.24, 2.45) is 0 Å². The van der Waals surface area contributed by atoms with Gasteiger partial charge in [0.1, 0.15) is 30.2 Å². The number of likely N-dealkylation sites (N-methyl/N-ethyl adjacent to an activating group) is 2. The van der Waals surface area contributed by atoms with Crippen molar-refractivity contribution in [1.82, 2.24) is 25.8 Å². The highest BCUT2D eigenvalue weighted by atomic mass is 16.2. The second-order valence-corrected chi connectivity index (χ2v) is 6.94. The van der Waals surface area contributed by atoms with Crippen molar-refractivity contribution in [1.29, 1.82) is 0 Å². The predicted molar refractivity (Wildman–Crippen MR) is 97.3 cm³/mol. The van der Waals surface area contributed by atoms with Crippen LogP contribution >= 0.6 is 0 Å². The first-order valence-electron chi connectivity index (χ1n) is 8.82. The summed E-state index contributed by atoms with van der Waals surface area (Å²) in [5.41, 5.74) is 0. The SMILES string of the molecule is C[C@@H]1NC(=O)[C@H](C)NC(=O)[C@H](C)N(C)C(=O)[C@@H](C)N(C)C(=O)[C@H](C)NC1=O. The van der Waals surface area contributed by atoms with Gasteiger partial charge in [-0.2, -0.15) is 0 Å². The topological polar surface area (TPSA) is 128 Å². The minimum absolute atomic E-state index is 0.438. The average molecular weight is 383 g/mol. The third-order valence-corrected chi connectivity index (χ3v) is 4.83. The van der Waals surface area contributed by atoms with Crippen LogP contribution in [-0.2, 0) is 24.0 Å². The van der Waals surface area contributed by atoms with Crippen LogP contribution in [0.3, 0.4) is 0 Å². The molecule has 1 fully saturated rings. The molecule has 0 radical (unpaired) electrons. The average Bonchev–Trinajstić information content (AvgIpc) is 2.62. The van der Waals surface area contributed by atoms with Crippen LogP contribution < -0.4 is 16.0 Å². The van der Waals surface area contributed by atoms with Gasteiger partial charge in [0.15, 0.2) is 0 Å². The summed E-state index contributed by atoms with van der Waals surface area (Å²) in [4.78, 5) is 64.4. The van der Waals surface area contributed by atoms with Gasteiger partial charge in [0.2, 0.25) is 29.5 Å². The molecule has 0 unspecified atom stereocenters. The molecule has 0 spiro atoms. The first kappa shape index (κ1) is 22.4. The molecule has 152 valence electrons. The van der Waals surface area contributed by atoms with E-state index < -0.39 is 59.7 Å². The maximum atomic E-state index is 12.6. The first-order chi connectivity index (χ1) is 12.4. The lowest BCUT2D eigenvalue weighted by atomic mass is 10.1. The second-order valence-electron chi connectivity index (χ2n) is 6.94. The summed E-state index contributed by atoms with van der Waals surface area (Å²) in [5, 5.41) is 7.53. The zero-order valence-corrected chi connectivity index (χ0v) is 16.8. The molecule has 10 nitrogen and oxygen atoms in total. The number of hydrogen-bond acceptors (Lipinski definition) is 5. The molecule has 0 aliphatic carbocycles. The lowest BCUT2D eigenvalue weighted by Crippen LogP contribution is -2.56. The molecule has 0 aromatic rings. The molecular formula is C17H29N5O5. The van der Waals surface area contributed by atoms with Crippen molar-refractivity contribution in [2.75, 3.05) is 14.1 Å². The Morgan fingerprint density at radius 3 is 1.41 bits per heavy atom. The predicted octanol–water partition coefficient (Wildman–Crippen LogP) is -1.79. The smallest absolute Gasteiger partial charge is 0.245 e. The summed E-state index contributed by atoms with van der Waals surface area (Å²) < 4.78 is 0. The zero-order chi connectivity index (χ0) is 21.0. The Kier molecular flexibility index (Phi) is 7.32. The van der Waals surface area contributed by atoms with Crippen molar-refractivity contribution >= 4 is 29.5 Å². The quantitative estimate of drug-likeness (QED) is 0.455. The Bertz CT molecular complexity index is 637. The van der Waals surface area contributed by atoms with Crippen molar-refractivity contribution in [3.05, 3.63) is 0 Å². The third kappa shape index (κ3) is 5.18. The molecular weight excluding hydrogens is 354 g/mol. The molecule has 1 rings (SSSR count). The third-order valence-electron chi connectivity index (χ3n) is 4.83. The lowest BCUT2D eigenvalue weighted by Gasteiger charge is -2.32. The number of amides is 5. The van der Waals surface area contributed by atoms with Crippen LogP contribution in [0.2, 0.25) is 0 Å². The van der Waals surface area contributed by atoms with Gasteiger partial charge in [0.25, 0.3) is 0 Å². The standard InChI is InChI=1S/C17H29N5O5/c1-8-14(24)20-10(3)16(26)22(7)12(5)17(27)21(6)11(4)15(25)19-9(2)13(23)18-8/h8-12H,1-7H3,(H,18,23)(H,19,25)(H,20,24)/t8-,9-,10-,11-,12+/m0/s1. The number of carbonyl (C=O) groups excluding carboxylic acids is 5. The van der Waals surface area contributed by atoms with Crippen LogP contribution in [0.25, 0.3) is 0 Å². The van der Waals surface area contributed by atoms with Gasteiger partial charge in [-0.3, -0.25) is 24.0 Å². The van der Waals surface area contributed by atoms with Crippen LogP contribution in [0.1, 0.15) is 34.6 Å². The van der Waals surface area contributed by atoms with E-state index in [9.17, 15) is 24.0 Å². The largest absolute Gasteiger partial charge is 0.343 e. The number of nitrogens with one attached hydrogen (secondary N) is 3. The summed E-state index contributed by atoms with van der Waals surface area (Å²) in [5.74, 6) is -2.51. The molecule has 3 N–H and O–H groups in total. The van der Waals surface area contributed by atoms with Gasteiger partial charge in [-0.05, 0) is 34.6 Å². The van der Waals surface area contributed by atoms with Gasteiger partial charge >= 0.3 is 0 Å². The van der Waals surface area contributed by atoms with E-state index in [4.69, 9.17) is 0 Å². The number of nitrogens with zero attached hydrogens (tertiary/aromatic N) is 2. The number of hydrogen-bond donors (Lipinski definition) is 3. The van der Waals surface area contributed by atoms with Crippen molar-refractivity contribution < 1.29 is 24.0 Å². The second kappa shape index (κ2) is 8.83. The fourth-order valence-corrected chi connectivity index (χ4v) is 2.53. The molecule has 0 bridgehead atoms. The molecule has 10 heteroatoms. The van der Waals surface area contributed by atoms with Gasteiger partial charge < -0.3 is 25.8 Å². The van der Waals surface area contributed by atoms with Crippen LogP contribution in [-0.4, -0.2) is 83.6 Å². The van der Waals surface area contributed by atoms with E-state index in [0.717, 1.165) is 0 Å². The highest BCUT2D eigenvalue weighted by Crippen LogP contribution is 2.08. The maximum absolute atomic E-state index is 12.6. The molecule has 0 saturated carbocycles. The van der Waals surface area contributed by atoms with Crippen molar-refractivity contribution in [2.45, 2.75) is 64.8 Å². The Balaban J connectivity index is 3.20. The van der Waals surface area contributed by atoms with E-state index in [1.165, 1.54) is 51.6 Å². The normalized spacial score (nSPS) is 32.3. The van der Waals surface area contributed by atoms with E-state index >= 15 is 0 Å². The minimum atomic E-state index is -0.901. The van der Waals surface area contributed by atoms with E-state index in [1.807, 2.05) is 0 Å². The first-order valence-corrected chi connectivity index (χ1v) is 8.82. The van der Waals surface area contributed by atoms with Crippen LogP contribution in [0.4, 0.5) is 0 Å². The van der Waals surface area contributed by atoms with Gasteiger partial charge in [0.05, 0.1) is 0 Å². The highest BCUT2D eigenvalue weighted by Gasteiger charge is 2.33. The van der Waals surface area contributed by atoms with E-state index in [1.54, 1.807) is 6.92 Å². The zero-order valence-electron chi connectivity index (χ0n) is 16.8. The van der Waals surface area contributed by atoms with Crippen molar-refractivity contribution in [3.8, 4) is 0 Å². The Morgan fingerprint density at radius 1 is 0.556 bits per heavy atom.